The predicted molar refractivity (Wildman–Crippen MR) is 100 cm³/mol. The standard InChI is InChI=1S/C17H16N4O3S2/c1-24-16(23)12-6-4-11(5-7-12)9-18-14(22)10-26-17-19-15(20-21-17)13-3-2-8-25-13/h2-8H,9-10H2,1H3,(H,18,22)(H,19,20,21). The van der Waals surface area contributed by atoms with Gasteiger partial charge in [-0.25, -0.2) is 9.78 Å². The van der Waals surface area contributed by atoms with Gasteiger partial charge in [0, 0.05) is 6.54 Å². The second-order valence-electron chi connectivity index (χ2n) is 5.20. The van der Waals surface area contributed by atoms with E-state index in [0.29, 0.717) is 23.1 Å². The second kappa shape index (κ2) is 8.63. The number of methoxy groups -OCH3 is 1. The van der Waals surface area contributed by atoms with Gasteiger partial charge in [0.2, 0.25) is 11.1 Å². The van der Waals surface area contributed by atoms with Crippen molar-refractivity contribution in [3.05, 3.63) is 52.9 Å². The van der Waals surface area contributed by atoms with Gasteiger partial charge in [0.25, 0.3) is 0 Å². The van der Waals surface area contributed by atoms with Crippen LogP contribution in [0.25, 0.3) is 10.7 Å². The van der Waals surface area contributed by atoms with Crippen molar-refractivity contribution in [3.8, 4) is 10.7 Å². The highest BCUT2D eigenvalue weighted by molar-refractivity contribution is 7.99. The number of nitrogens with zero attached hydrogens (tertiary/aromatic N) is 2. The van der Waals surface area contributed by atoms with E-state index < -0.39 is 0 Å². The molecule has 7 nitrogen and oxygen atoms in total. The van der Waals surface area contributed by atoms with Gasteiger partial charge in [-0.05, 0) is 29.1 Å². The Balaban J connectivity index is 1.45. The van der Waals surface area contributed by atoms with E-state index in [9.17, 15) is 9.59 Å². The summed E-state index contributed by atoms with van der Waals surface area (Å²) < 4.78 is 4.65. The molecule has 0 aliphatic rings. The monoisotopic (exact) mass is 388 g/mol. The minimum atomic E-state index is -0.384. The summed E-state index contributed by atoms with van der Waals surface area (Å²) in [6.07, 6.45) is 0. The van der Waals surface area contributed by atoms with E-state index in [1.807, 2.05) is 17.5 Å². The number of nitrogens with one attached hydrogen (secondary N) is 2. The fraction of sp³-hybridized carbons (Fsp3) is 0.176. The maximum Gasteiger partial charge on any atom is 0.337 e. The summed E-state index contributed by atoms with van der Waals surface area (Å²) in [5, 5.41) is 12.3. The van der Waals surface area contributed by atoms with E-state index in [-0.39, 0.29) is 17.6 Å². The highest BCUT2D eigenvalue weighted by atomic mass is 32.2. The van der Waals surface area contributed by atoms with Crippen molar-refractivity contribution in [1.82, 2.24) is 20.5 Å². The van der Waals surface area contributed by atoms with Crippen molar-refractivity contribution in [3.63, 3.8) is 0 Å². The van der Waals surface area contributed by atoms with Gasteiger partial charge >= 0.3 is 5.97 Å². The third kappa shape index (κ3) is 4.70. The number of ether oxygens (including phenoxy) is 1. The van der Waals surface area contributed by atoms with Gasteiger partial charge < -0.3 is 10.1 Å². The van der Waals surface area contributed by atoms with Gasteiger partial charge in [-0.1, -0.05) is 30.0 Å². The zero-order valence-corrected chi connectivity index (χ0v) is 15.5. The number of thioether (sulfide) groups is 1. The lowest BCUT2D eigenvalue weighted by Gasteiger charge is -2.05. The van der Waals surface area contributed by atoms with Crippen molar-refractivity contribution in [1.29, 1.82) is 0 Å². The number of aromatic amines is 1. The van der Waals surface area contributed by atoms with Crippen LogP contribution in [0.5, 0.6) is 0 Å². The molecule has 1 amide bonds. The van der Waals surface area contributed by atoms with Crippen LogP contribution in [0.1, 0.15) is 15.9 Å². The molecule has 0 bridgehead atoms. The SMILES string of the molecule is COC(=O)c1ccc(CNC(=O)CSc2n[nH]c(-c3cccs3)n2)cc1. The zero-order valence-electron chi connectivity index (χ0n) is 13.9. The molecule has 134 valence electrons. The van der Waals surface area contributed by atoms with Crippen LogP contribution >= 0.6 is 23.1 Å². The number of amides is 1. The summed E-state index contributed by atoms with van der Waals surface area (Å²) in [7, 11) is 1.34. The Hall–Kier alpha value is -2.65. The number of carbonyl (C=O) groups excluding carboxylic acids is 2. The molecule has 26 heavy (non-hydrogen) atoms. The molecule has 0 aliphatic heterocycles. The molecule has 0 saturated heterocycles. The maximum absolute atomic E-state index is 12.0. The second-order valence-corrected chi connectivity index (χ2v) is 7.09. The Labute approximate surface area is 158 Å². The van der Waals surface area contributed by atoms with Gasteiger partial charge in [0.1, 0.15) is 0 Å². The number of rotatable bonds is 7. The number of thiophene rings is 1. The average Bonchev–Trinajstić information content (AvgIpc) is 3.36. The van der Waals surface area contributed by atoms with Crippen molar-refractivity contribution < 1.29 is 14.3 Å². The molecule has 1 aromatic carbocycles. The Morgan fingerprint density at radius 3 is 2.77 bits per heavy atom. The quantitative estimate of drug-likeness (QED) is 0.477. The van der Waals surface area contributed by atoms with Gasteiger partial charge in [0.15, 0.2) is 5.82 Å². The molecular weight excluding hydrogens is 372 g/mol. The highest BCUT2D eigenvalue weighted by Gasteiger charge is 2.10. The first-order chi connectivity index (χ1) is 12.7. The third-order valence-electron chi connectivity index (χ3n) is 3.42. The van der Waals surface area contributed by atoms with Crippen LogP contribution in [0.2, 0.25) is 0 Å². The van der Waals surface area contributed by atoms with Crippen LogP contribution in [-0.2, 0) is 16.1 Å². The number of H-pyrrole nitrogens is 1. The molecule has 0 spiro atoms. The molecule has 3 rings (SSSR count). The molecule has 2 heterocycles. The van der Waals surface area contributed by atoms with Crippen LogP contribution < -0.4 is 5.32 Å². The number of benzene rings is 1. The zero-order chi connectivity index (χ0) is 18.4. The summed E-state index contributed by atoms with van der Waals surface area (Å²) in [6.45, 7) is 0.384. The van der Waals surface area contributed by atoms with E-state index in [4.69, 9.17) is 0 Å². The Kier molecular flexibility index (Phi) is 6.03. The highest BCUT2D eigenvalue weighted by Crippen LogP contribution is 2.23. The van der Waals surface area contributed by atoms with Crippen molar-refractivity contribution in [2.24, 2.45) is 0 Å². The van der Waals surface area contributed by atoms with E-state index in [1.54, 1.807) is 35.6 Å². The van der Waals surface area contributed by atoms with Crippen LogP contribution in [0.15, 0.2) is 46.9 Å². The molecule has 0 fully saturated rings. The first-order valence-corrected chi connectivity index (χ1v) is 9.55. The lowest BCUT2D eigenvalue weighted by atomic mass is 10.1. The molecular formula is C17H16N4O3S2. The number of carbonyl (C=O) groups is 2. The summed E-state index contributed by atoms with van der Waals surface area (Å²) in [5.41, 5.74) is 1.37. The van der Waals surface area contributed by atoms with Crippen LogP contribution in [0, 0.1) is 0 Å². The topological polar surface area (TPSA) is 97.0 Å². The smallest absolute Gasteiger partial charge is 0.337 e. The van der Waals surface area contributed by atoms with Crippen molar-refractivity contribution in [2.75, 3.05) is 12.9 Å². The summed E-state index contributed by atoms with van der Waals surface area (Å²) in [5.74, 6) is 0.427. The molecule has 0 aliphatic carbocycles. The minimum absolute atomic E-state index is 0.116. The van der Waals surface area contributed by atoms with Crippen molar-refractivity contribution >= 4 is 35.0 Å². The van der Waals surface area contributed by atoms with Crippen LogP contribution in [0.4, 0.5) is 0 Å². The number of hydrogen-bond acceptors (Lipinski definition) is 7. The summed E-state index contributed by atoms with van der Waals surface area (Å²) in [6, 6.07) is 10.8. The lowest BCUT2D eigenvalue weighted by molar-refractivity contribution is -0.118. The number of hydrogen-bond donors (Lipinski definition) is 2. The first kappa shape index (κ1) is 18.2. The van der Waals surface area contributed by atoms with Crippen molar-refractivity contribution in [2.45, 2.75) is 11.7 Å². The number of aromatic nitrogens is 3. The van der Waals surface area contributed by atoms with Gasteiger partial charge in [0.05, 0.1) is 23.3 Å². The average molecular weight is 388 g/mol. The summed E-state index contributed by atoms with van der Waals surface area (Å²) in [4.78, 5) is 28.7. The fourth-order valence-electron chi connectivity index (χ4n) is 2.09. The molecule has 2 aromatic heterocycles. The Bertz CT molecular complexity index is 876. The molecule has 9 heteroatoms. The maximum atomic E-state index is 12.0. The van der Waals surface area contributed by atoms with E-state index in [0.717, 1.165) is 10.4 Å². The van der Waals surface area contributed by atoms with E-state index >= 15 is 0 Å². The Morgan fingerprint density at radius 2 is 2.08 bits per heavy atom. The number of esters is 1. The normalized spacial score (nSPS) is 10.5. The molecule has 0 atom stereocenters. The third-order valence-corrected chi connectivity index (χ3v) is 5.14. The summed E-state index contributed by atoms with van der Waals surface area (Å²) >= 11 is 2.84. The van der Waals surface area contributed by atoms with E-state index in [1.165, 1.54) is 18.9 Å². The van der Waals surface area contributed by atoms with Gasteiger partial charge in [-0.3, -0.25) is 9.89 Å². The van der Waals surface area contributed by atoms with Crippen LogP contribution in [-0.4, -0.2) is 39.9 Å². The molecule has 3 aromatic rings. The van der Waals surface area contributed by atoms with Crippen LogP contribution in [0.3, 0.4) is 0 Å². The first-order valence-electron chi connectivity index (χ1n) is 7.69. The molecule has 0 saturated carbocycles. The molecule has 0 radical (unpaired) electrons. The van der Waals surface area contributed by atoms with Gasteiger partial charge in [-0.15, -0.1) is 16.4 Å². The largest absolute Gasteiger partial charge is 0.465 e. The molecule has 2 N–H and O–H groups in total. The predicted octanol–water partition coefficient (Wildman–Crippen LogP) is 2.73. The van der Waals surface area contributed by atoms with Gasteiger partial charge in [-0.2, -0.15) is 0 Å². The lowest BCUT2D eigenvalue weighted by Crippen LogP contribution is -2.24. The molecule has 0 unspecified atom stereocenters. The Morgan fingerprint density at radius 1 is 1.27 bits per heavy atom. The van der Waals surface area contributed by atoms with E-state index in [2.05, 4.69) is 25.2 Å². The fourth-order valence-corrected chi connectivity index (χ4v) is 3.38. The minimum Gasteiger partial charge on any atom is -0.465 e.